The van der Waals surface area contributed by atoms with E-state index in [2.05, 4.69) is 93.0 Å². The van der Waals surface area contributed by atoms with Gasteiger partial charge in [0.2, 0.25) is 0 Å². The monoisotopic (exact) mass is 446 g/mol. The molecule has 0 aromatic carbocycles. The second kappa shape index (κ2) is 7.81. The van der Waals surface area contributed by atoms with Gasteiger partial charge in [-0.15, -0.1) is 18.8 Å². The fourth-order valence-corrected chi connectivity index (χ4v) is 8.39. The largest absolute Gasteiger partial charge is 0.412 e. The van der Waals surface area contributed by atoms with E-state index in [1.807, 2.05) is 0 Å². The first-order valence-electron chi connectivity index (χ1n) is 11.7. The van der Waals surface area contributed by atoms with Crippen LogP contribution in [0.25, 0.3) is 0 Å². The molecule has 4 heteroatoms. The van der Waals surface area contributed by atoms with Crippen LogP contribution in [0.1, 0.15) is 54.9 Å². The van der Waals surface area contributed by atoms with Crippen molar-refractivity contribution in [3.05, 3.63) is 0 Å². The zero-order chi connectivity index (χ0) is 23.5. The molecule has 2 aliphatic carbocycles. The normalized spacial score (nSPS) is 35.5. The number of rotatable bonds is 6. The van der Waals surface area contributed by atoms with E-state index in [9.17, 15) is 0 Å². The molecule has 0 aromatic rings. The Morgan fingerprint density at radius 1 is 1.07 bits per heavy atom. The van der Waals surface area contributed by atoms with Crippen LogP contribution in [-0.2, 0) is 8.85 Å². The summed E-state index contributed by atoms with van der Waals surface area (Å²) in [6, 6.07) is 0. The molecule has 1 unspecified atom stereocenters. The Morgan fingerprint density at radius 3 is 2.00 bits per heavy atom. The number of fused-ring (bicyclic) bond motifs is 1. The van der Waals surface area contributed by atoms with Crippen LogP contribution in [0.4, 0.5) is 0 Å². The summed E-state index contributed by atoms with van der Waals surface area (Å²) < 4.78 is 14.1. The molecule has 0 spiro atoms. The lowest BCUT2D eigenvalue weighted by Crippen LogP contribution is -2.61. The summed E-state index contributed by atoms with van der Waals surface area (Å²) in [5, 5.41) is 0.108. The number of hydrogen-bond donors (Lipinski definition) is 0. The van der Waals surface area contributed by atoms with E-state index >= 15 is 0 Å². The van der Waals surface area contributed by atoms with Crippen molar-refractivity contribution in [2.45, 2.75) is 104 Å². The summed E-state index contributed by atoms with van der Waals surface area (Å²) in [6.07, 6.45) is 13.4. The van der Waals surface area contributed by atoms with Crippen LogP contribution >= 0.6 is 0 Å². The molecule has 0 radical (unpaired) electrons. The van der Waals surface area contributed by atoms with Gasteiger partial charge in [-0.25, -0.2) is 0 Å². The van der Waals surface area contributed by atoms with E-state index in [0.29, 0.717) is 11.8 Å². The van der Waals surface area contributed by atoms with Crippen LogP contribution in [0.3, 0.4) is 0 Å². The number of terminal acetylenes is 2. The molecule has 7 atom stereocenters. The predicted octanol–water partition coefficient (Wildman–Crippen LogP) is 6.80. The second-order valence-electron chi connectivity index (χ2n) is 13.1. The molecule has 0 aromatic heterocycles. The van der Waals surface area contributed by atoms with E-state index in [-0.39, 0.29) is 34.3 Å². The third kappa shape index (κ3) is 4.36. The maximum atomic E-state index is 7.14. The smallest absolute Gasteiger partial charge is 0.192 e. The maximum absolute atomic E-state index is 7.14. The van der Waals surface area contributed by atoms with Crippen molar-refractivity contribution in [2.75, 3.05) is 0 Å². The van der Waals surface area contributed by atoms with Crippen LogP contribution < -0.4 is 0 Å². The molecule has 30 heavy (non-hydrogen) atoms. The van der Waals surface area contributed by atoms with Crippen LogP contribution in [-0.4, -0.2) is 28.3 Å². The molecular weight excluding hydrogens is 400 g/mol. The minimum Gasteiger partial charge on any atom is -0.412 e. The Hall–Kier alpha value is -0.526. The van der Waals surface area contributed by atoms with Crippen molar-refractivity contribution < 1.29 is 8.85 Å². The van der Waals surface area contributed by atoms with E-state index in [1.54, 1.807) is 0 Å². The van der Waals surface area contributed by atoms with Crippen LogP contribution in [0.15, 0.2) is 0 Å². The van der Waals surface area contributed by atoms with Crippen molar-refractivity contribution in [2.24, 2.45) is 35.0 Å². The fourth-order valence-electron chi connectivity index (χ4n) is 5.59. The van der Waals surface area contributed by atoms with Gasteiger partial charge in [0.05, 0.1) is 6.10 Å². The molecule has 0 heterocycles. The van der Waals surface area contributed by atoms with Crippen LogP contribution in [0.2, 0.25) is 37.8 Å². The van der Waals surface area contributed by atoms with Crippen molar-refractivity contribution in [3.63, 3.8) is 0 Å². The second-order valence-corrected chi connectivity index (χ2v) is 22.3. The first-order chi connectivity index (χ1) is 13.4. The summed E-state index contributed by atoms with van der Waals surface area (Å²) in [5.74, 6) is 7.82. The van der Waals surface area contributed by atoms with Gasteiger partial charge in [0, 0.05) is 11.8 Å². The SMILES string of the molecule is C#C[C@@H](C)[C@@H](O[Si](C)(C)C(C)(C)C)C1[C@H]2[C@@H](C[C@@H](C)[C@@]1(C#C)O[Si](C)(C)C)C2(C)C. The summed E-state index contributed by atoms with van der Waals surface area (Å²) in [5.41, 5.74) is -0.360. The Kier molecular flexibility index (Phi) is 6.69. The van der Waals surface area contributed by atoms with Crippen molar-refractivity contribution in [1.29, 1.82) is 0 Å². The van der Waals surface area contributed by atoms with E-state index in [4.69, 9.17) is 21.7 Å². The summed E-state index contributed by atoms with van der Waals surface area (Å²) in [7, 11) is -3.96. The Labute approximate surface area is 189 Å². The Bertz CT molecular complexity index is 728. The summed E-state index contributed by atoms with van der Waals surface area (Å²) >= 11 is 0. The molecule has 2 aliphatic rings. The highest BCUT2D eigenvalue weighted by Gasteiger charge is 2.72. The lowest BCUT2D eigenvalue weighted by Gasteiger charge is -2.53. The zero-order valence-electron chi connectivity index (χ0n) is 21.6. The molecule has 2 fully saturated rings. The summed E-state index contributed by atoms with van der Waals surface area (Å²) in [6.45, 7) is 27.5. The zero-order valence-corrected chi connectivity index (χ0v) is 23.6. The predicted molar refractivity (Wildman–Crippen MR) is 134 cm³/mol. The van der Waals surface area contributed by atoms with Crippen LogP contribution in [0.5, 0.6) is 0 Å². The molecular formula is C26H46O2Si2. The van der Waals surface area contributed by atoms with Gasteiger partial charge in [-0.1, -0.05) is 47.5 Å². The topological polar surface area (TPSA) is 18.5 Å². The quantitative estimate of drug-likeness (QED) is 0.330. The molecule has 0 N–H and O–H groups in total. The van der Waals surface area contributed by atoms with Gasteiger partial charge in [-0.3, -0.25) is 0 Å². The van der Waals surface area contributed by atoms with Crippen molar-refractivity contribution in [1.82, 2.24) is 0 Å². The average Bonchev–Trinajstić information content (AvgIpc) is 3.10. The van der Waals surface area contributed by atoms with Gasteiger partial charge < -0.3 is 8.85 Å². The van der Waals surface area contributed by atoms with E-state index < -0.39 is 22.2 Å². The van der Waals surface area contributed by atoms with Gasteiger partial charge >= 0.3 is 0 Å². The van der Waals surface area contributed by atoms with Gasteiger partial charge in [-0.05, 0) is 74.3 Å². The molecule has 0 aliphatic heterocycles. The maximum Gasteiger partial charge on any atom is 0.192 e. The van der Waals surface area contributed by atoms with E-state index in [1.165, 1.54) is 0 Å². The number of hydrogen-bond acceptors (Lipinski definition) is 2. The summed E-state index contributed by atoms with van der Waals surface area (Å²) in [4.78, 5) is 0. The van der Waals surface area contributed by atoms with Gasteiger partial charge in [-0.2, -0.15) is 0 Å². The van der Waals surface area contributed by atoms with Crippen LogP contribution in [0, 0.1) is 59.7 Å². The molecule has 2 saturated carbocycles. The lowest BCUT2D eigenvalue weighted by molar-refractivity contribution is -0.0872. The Morgan fingerprint density at radius 2 is 1.60 bits per heavy atom. The Balaban J connectivity index is 2.66. The minimum absolute atomic E-state index is 0.00978. The highest BCUT2D eigenvalue weighted by molar-refractivity contribution is 6.74. The van der Waals surface area contributed by atoms with Crippen molar-refractivity contribution >= 4 is 16.6 Å². The average molecular weight is 447 g/mol. The minimum atomic E-state index is -2.05. The van der Waals surface area contributed by atoms with Gasteiger partial charge in [0.25, 0.3) is 0 Å². The molecule has 0 bridgehead atoms. The molecule has 0 amide bonds. The molecule has 2 rings (SSSR count). The fraction of sp³-hybridized carbons (Fsp3) is 0.846. The van der Waals surface area contributed by atoms with Gasteiger partial charge in [0.15, 0.2) is 16.6 Å². The highest BCUT2D eigenvalue weighted by atomic mass is 28.4. The van der Waals surface area contributed by atoms with Gasteiger partial charge in [0.1, 0.15) is 5.60 Å². The molecule has 0 saturated heterocycles. The first kappa shape index (κ1) is 25.7. The third-order valence-corrected chi connectivity index (χ3v) is 13.8. The molecule has 2 nitrogen and oxygen atoms in total. The van der Waals surface area contributed by atoms with Crippen molar-refractivity contribution in [3.8, 4) is 24.7 Å². The van der Waals surface area contributed by atoms with E-state index in [0.717, 1.165) is 6.42 Å². The highest BCUT2D eigenvalue weighted by Crippen LogP contribution is 2.72. The lowest BCUT2D eigenvalue weighted by atomic mass is 9.65. The third-order valence-electron chi connectivity index (χ3n) is 8.41. The first-order valence-corrected chi connectivity index (χ1v) is 18.0. The standard InChI is InChI=1S/C26H46O2Si2/c1-15-18(3)23(27-30(13,14)24(5,6)7)22-21-20(25(21,8)9)17-19(4)26(22,16-2)28-29(10,11)12/h1-2,18-23H,17H2,3-14H3/t18-,19-,20-,21-,22?,23-,26-/m1/s1. The molecule has 170 valence electrons.